The molecule has 3 rings (SSSR count). The highest BCUT2D eigenvalue weighted by Crippen LogP contribution is 2.36. The summed E-state index contributed by atoms with van der Waals surface area (Å²) in [6.45, 7) is 3.11. The summed E-state index contributed by atoms with van der Waals surface area (Å²) in [6.07, 6.45) is 0.501. The minimum atomic E-state index is -0.485. The van der Waals surface area contributed by atoms with Gasteiger partial charge in [0.2, 0.25) is 5.91 Å². The van der Waals surface area contributed by atoms with Crippen molar-refractivity contribution in [1.29, 1.82) is 0 Å². The van der Waals surface area contributed by atoms with E-state index in [1.807, 2.05) is 25.1 Å². The molecule has 0 radical (unpaired) electrons. The van der Waals surface area contributed by atoms with E-state index in [0.29, 0.717) is 19.5 Å². The molecule has 138 valence electrons. The van der Waals surface area contributed by atoms with E-state index in [2.05, 4.69) is 83.4 Å². The fourth-order valence-electron chi connectivity index (χ4n) is 3.45. The second kappa shape index (κ2) is 9.15. The second-order valence-electron chi connectivity index (χ2n) is 6.48. The lowest BCUT2D eigenvalue weighted by Crippen LogP contribution is -2.47. The Hall–Kier alpha value is -2.91. The first-order valence-electron chi connectivity index (χ1n) is 9.45. The van der Waals surface area contributed by atoms with Crippen LogP contribution in [0.2, 0.25) is 0 Å². The standard InChI is InChI=1S/C24H26N2O/c1-2-23(27)25-18-19-26-24(20-12-6-3-7-13-20,21-14-8-4-9-15-21)22-16-10-5-11-17-22/h3-17,26H,2,18-19H2,1H3,(H,25,27). The molecule has 3 aromatic carbocycles. The zero-order valence-corrected chi connectivity index (χ0v) is 15.7. The molecule has 0 spiro atoms. The Kier molecular flexibility index (Phi) is 6.39. The van der Waals surface area contributed by atoms with Crippen molar-refractivity contribution in [1.82, 2.24) is 10.6 Å². The molecule has 0 aromatic heterocycles. The van der Waals surface area contributed by atoms with Crippen molar-refractivity contribution in [3.05, 3.63) is 108 Å². The molecule has 27 heavy (non-hydrogen) atoms. The third-order valence-corrected chi connectivity index (χ3v) is 4.78. The van der Waals surface area contributed by atoms with Gasteiger partial charge in [0, 0.05) is 19.5 Å². The maximum Gasteiger partial charge on any atom is 0.219 e. The van der Waals surface area contributed by atoms with Crippen LogP contribution in [0.5, 0.6) is 0 Å². The molecule has 0 atom stereocenters. The molecule has 2 N–H and O–H groups in total. The van der Waals surface area contributed by atoms with Gasteiger partial charge in [0.05, 0.1) is 5.54 Å². The third-order valence-electron chi connectivity index (χ3n) is 4.78. The summed E-state index contributed by atoms with van der Waals surface area (Å²) in [5.74, 6) is 0.0709. The lowest BCUT2D eigenvalue weighted by atomic mass is 9.77. The van der Waals surface area contributed by atoms with E-state index in [-0.39, 0.29) is 5.91 Å². The Morgan fingerprint density at radius 3 is 1.48 bits per heavy atom. The predicted molar refractivity (Wildman–Crippen MR) is 111 cm³/mol. The van der Waals surface area contributed by atoms with Crippen LogP contribution in [0.15, 0.2) is 91.0 Å². The Labute approximate surface area is 161 Å². The number of hydrogen-bond acceptors (Lipinski definition) is 2. The number of benzene rings is 3. The van der Waals surface area contributed by atoms with E-state index < -0.39 is 5.54 Å². The van der Waals surface area contributed by atoms with Gasteiger partial charge in [0.15, 0.2) is 0 Å². The normalized spacial score (nSPS) is 11.1. The van der Waals surface area contributed by atoms with Gasteiger partial charge in [0.25, 0.3) is 0 Å². The van der Waals surface area contributed by atoms with E-state index in [0.717, 1.165) is 0 Å². The topological polar surface area (TPSA) is 41.1 Å². The molecule has 0 saturated carbocycles. The van der Waals surface area contributed by atoms with Crippen LogP contribution in [0.25, 0.3) is 0 Å². The minimum absolute atomic E-state index is 0.0709. The lowest BCUT2D eigenvalue weighted by molar-refractivity contribution is -0.120. The first-order valence-corrected chi connectivity index (χ1v) is 9.45. The van der Waals surface area contributed by atoms with E-state index >= 15 is 0 Å². The summed E-state index contributed by atoms with van der Waals surface area (Å²) in [6, 6.07) is 31.4. The van der Waals surface area contributed by atoms with Crippen molar-refractivity contribution in [2.24, 2.45) is 0 Å². The van der Waals surface area contributed by atoms with Crippen molar-refractivity contribution < 1.29 is 4.79 Å². The van der Waals surface area contributed by atoms with E-state index in [1.165, 1.54) is 16.7 Å². The van der Waals surface area contributed by atoms with Gasteiger partial charge in [-0.05, 0) is 16.7 Å². The predicted octanol–water partition coefficient (Wildman–Crippen LogP) is 4.09. The fourth-order valence-corrected chi connectivity index (χ4v) is 3.45. The van der Waals surface area contributed by atoms with Gasteiger partial charge in [-0.3, -0.25) is 10.1 Å². The molecule has 3 nitrogen and oxygen atoms in total. The molecular weight excluding hydrogens is 332 g/mol. The highest BCUT2D eigenvalue weighted by Gasteiger charge is 2.35. The Balaban J connectivity index is 2.04. The van der Waals surface area contributed by atoms with Gasteiger partial charge in [-0.15, -0.1) is 0 Å². The van der Waals surface area contributed by atoms with Gasteiger partial charge in [-0.2, -0.15) is 0 Å². The Bertz CT molecular complexity index is 735. The molecule has 1 amide bonds. The first-order chi connectivity index (χ1) is 13.3. The molecule has 0 bridgehead atoms. The summed E-state index contributed by atoms with van der Waals surface area (Å²) in [7, 11) is 0. The largest absolute Gasteiger partial charge is 0.355 e. The summed E-state index contributed by atoms with van der Waals surface area (Å²) in [5, 5.41) is 6.70. The average molecular weight is 358 g/mol. The third kappa shape index (κ3) is 4.26. The van der Waals surface area contributed by atoms with Crippen LogP contribution in [0.1, 0.15) is 30.0 Å². The van der Waals surface area contributed by atoms with Crippen molar-refractivity contribution in [2.75, 3.05) is 13.1 Å². The van der Waals surface area contributed by atoms with E-state index in [1.54, 1.807) is 0 Å². The van der Waals surface area contributed by atoms with Crippen LogP contribution in [0.4, 0.5) is 0 Å². The highest BCUT2D eigenvalue weighted by atomic mass is 16.1. The lowest BCUT2D eigenvalue weighted by Gasteiger charge is -2.37. The smallest absolute Gasteiger partial charge is 0.219 e. The van der Waals surface area contributed by atoms with Gasteiger partial charge >= 0.3 is 0 Å². The molecule has 0 aliphatic heterocycles. The molecule has 0 fully saturated rings. The molecule has 0 aliphatic carbocycles. The molecule has 0 unspecified atom stereocenters. The van der Waals surface area contributed by atoms with Gasteiger partial charge in [-0.25, -0.2) is 0 Å². The SMILES string of the molecule is CCC(=O)NCCNC(c1ccccc1)(c1ccccc1)c1ccccc1. The molecule has 3 heteroatoms. The summed E-state index contributed by atoms with van der Waals surface area (Å²) in [5.41, 5.74) is 3.03. The van der Waals surface area contributed by atoms with Gasteiger partial charge in [0.1, 0.15) is 0 Å². The van der Waals surface area contributed by atoms with Gasteiger partial charge in [-0.1, -0.05) is 97.9 Å². The van der Waals surface area contributed by atoms with Crippen LogP contribution in [0.3, 0.4) is 0 Å². The van der Waals surface area contributed by atoms with E-state index in [4.69, 9.17) is 0 Å². The number of amides is 1. The van der Waals surface area contributed by atoms with Crippen molar-refractivity contribution in [3.8, 4) is 0 Å². The molecule has 0 aliphatic rings. The number of hydrogen-bond donors (Lipinski definition) is 2. The van der Waals surface area contributed by atoms with Crippen molar-refractivity contribution >= 4 is 5.91 Å². The maximum atomic E-state index is 11.6. The summed E-state index contributed by atoms with van der Waals surface area (Å²) in [4.78, 5) is 11.6. The van der Waals surface area contributed by atoms with E-state index in [9.17, 15) is 4.79 Å². The Morgan fingerprint density at radius 1 is 0.704 bits per heavy atom. The summed E-state index contributed by atoms with van der Waals surface area (Å²) >= 11 is 0. The molecule has 0 heterocycles. The molecule has 0 saturated heterocycles. The van der Waals surface area contributed by atoms with Crippen LogP contribution in [-0.2, 0) is 10.3 Å². The number of carbonyl (C=O) groups excluding carboxylic acids is 1. The second-order valence-corrected chi connectivity index (χ2v) is 6.48. The van der Waals surface area contributed by atoms with Crippen LogP contribution >= 0.6 is 0 Å². The van der Waals surface area contributed by atoms with Crippen LogP contribution < -0.4 is 10.6 Å². The minimum Gasteiger partial charge on any atom is -0.355 e. The zero-order valence-electron chi connectivity index (χ0n) is 15.7. The molecule has 3 aromatic rings. The maximum absolute atomic E-state index is 11.6. The number of rotatable bonds is 8. The van der Waals surface area contributed by atoms with Gasteiger partial charge < -0.3 is 5.32 Å². The van der Waals surface area contributed by atoms with Crippen LogP contribution in [0, 0.1) is 0 Å². The molecular formula is C24H26N2O. The first kappa shape index (κ1) is 18.9. The Morgan fingerprint density at radius 2 is 1.11 bits per heavy atom. The quantitative estimate of drug-likeness (QED) is 0.470. The average Bonchev–Trinajstić information content (AvgIpc) is 2.75. The van der Waals surface area contributed by atoms with Crippen LogP contribution in [-0.4, -0.2) is 19.0 Å². The fraction of sp³-hybridized carbons (Fsp3) is 0.208. The monoisotopic (exact) mass is 358 g/mol. The zero-order chi connectivity index (χ0) is 19.0. The van der Waals surface area contributed by atoms with Crippen molar-refractivity contribution in [2.45, 2.75) is 18.9 Å². The number of nitrogens with one attached hydrogen (secondary N) is 2. The number of carbonyl (C=O) groups is 1. The highest BCUT2D eigenvalue weighted by molar-refractivity contribution is 5.75. The van der Waals surface area contributed by atoms with Crippen molar-refractivity contribution in [3.63, 3.8) is 0 Å². The summed E-state index contributed by atoms with van der Waals surface area (Å²) < 4.78 is 0.